The summed E-state index contributed by atoms with van der Waals surface area (Å²) in [6.07, 6.45) is 8.35. The molecule has 2 atom stereocenters. The molecule has 1 aliphatic carbocycles. The van der Waals surface area contributed by atoms with Gasteiger partial charge in [-0.3, -0.25) is 0 Å². The van der Waals surface area contributed by atoms with E-state index in [-0.39, 0.29) is 5.82 Å². The normalized spacial score (nSPS) is 20.5. The Balaban J connectivity index is 1.52. The molecule has 1 fully saturated rings. The number of hydrogen-bond acceptors (Lipinski definition) is 5. The molecule has 1 aromatic carbocycles. The largest absolute Gasteiger partial charge is 0.352 e. The molecule has 0 spiro atoms. The summed E-state index contributed by atoms with van der Waals surface area (Å²) in [6.45, 7) is 2.38. The summed E-state index contributed by atoms with van der Waals surface area (Å²) in [5.41, 5.74) is 3.93. The summed E-state index contributed by atoms with van der Waals surface area (Å²) in [5, 5.41) is 4.37. The molecule has 4 aromatic rings. The molecule has 1 saturated carbocycles. The Labute approximate surface area is 171 Å². The fourth-order valence-electron chi connectivity index (χ4n) is 4.29. The monoisotopic (exact) mass is 411 g/mol. The average Bonchev–Trinajstić information content (AvgIpc) is 3.26. The van der Waals surface area contributed by atoms with Gasteiger partial charge in [-0.1, -0.05) is 32.6 Å². The maximum Gasteiger partial charge on any atom is 0.148 e. The molecular weight excluding hydrogens is 389 g/mol. The summed E-state index contributed by atoms with van der Waals surface area (Å²) in [6, 6.07) is 7.55. The highest BCUT2D eigenvalue weighted by atomic mass is 32.1. The molecule has 1 N–H and O–H groups in total. The van der Waals surface area contributed by atoms with Gasteiger partial charge in [0.25, 0.3) is 0 Å². The van der Waals surface area contributed by atoms with E-state index < -0.39 is 0 Å². The number of thiophene rings is 1. The van der Waals surface area contributed by atoms with Crippen molar-refractivity contribution >= 4 is 54.5 Å². The first-order chi connectivity index (χ1) is 13.7. The SMILES string of the molecule is CC1CCCCCC1c1cc2c(Nc3cc4ncsc4cc3F)ccnc2s1. The topological polar surface area (TPSA) is 37.8 Å². The number of nitrogens with zero attached hydrogens (tertiary/aromatic N) is 2. The lowest BCUT2D eigenvalue weighted by atomic mass is 9.88. The van der Waals surface area contributed by atoms with Crippen LogP contribution in [0.4, 0.5) is 15.8 Å². The number of hydrogen-bond donors (Lipinski definition) is 1. The van der Waals surface area contributed by atoms with Crippen LogP contribution >= 0.6 is 22.7 Å². The van der Waals surface area contributed by atoms with Gasteiger partial charge in [0.2, 0.25) is 0 Å². The predicted octanol–water partition coefficient (Wildman–Crippen LogP) is 7.47. The van der Waals surface area contributed by atoms with E-state index in [0.29, 0.717) is 17.5 Å². The second-order valence-corrected chi connectivity index (χ2v) is 9.67. The Hall–Kier alpha value is -2.05. The van der Waals surface area contributed by atoms with Crippen LogP contribution in [0.3, 0.4) is 0 Å². The molecule has 6 heteroatoms. The van der Waals surface area contributed by atoms with E-state index >= 15 is 0 Å². The molecule has 0 radical (unpaired) electrons. The van der Waals surface area contributed by atoms with Crippen LogP contribution in [0.15, 0.2) is 36.0 Å². The van der Waals surface area contributed by atoms with E-state index in [1.54, 1.807) is 35.2 Å². The number of nitrogens with one attached hydrogen (secondary N) is 1. The van der Waals surface area contributed by atoms with Crippen LogP contribution in [0.5, 0.6) is 0 Å². The molecular formula is C22H22FN3S2. The molecule has 28 heavy (non-hydrogen) atoms. The smallest absolute Gasteiger partial charge is 0.148 e. The van der Waals surface area contributed by atoms with Crippen LogP contribution in [-0.2, 0) is 0 Å². The van der Waals surface area contributed by atoms with E-state index in [1.807, 2.05) is 6.07 Å². The molecule has 0 bridgehead atoms. The lowest BCUT2D eigenvalue weighted by Crippen LogP contribution is -2.06. The average molecular weight is 412 g/mol. The predicted molar refractivity (Wildman–Crippen MR) is 117 cm³/mol. The molecule has 3 heterocycles. The Morgan fingerprint density at radius 3 is 2.89 bits per heavy atom. The first-order valence-corrected chi connectivity index (χ1v) is 11.6. The van der Waals surface area contributed by atoms with Crippen LogP contribution in [0.2, 0.25) is 0 Å². The highest BCUT2D eigenvalue weighted by Gasteiger charge is 2.24. The Kier molecular flexibility index (Phi) is 4.77. The van der Waals surface area contributed by atoms with Crippen LogP contribution in [0.25, 0.3) is 20.4 Å². The molecule has 0 aliphatic heterocycles. The molecule has 144 valence electrons. The quantitative estimate of drug-likeness (QED) is 0.355. The molecule has 5 rings (SSSR count). The van der Waals surface area contributed by atoms with Gasteiger partial charge in [-0.2, -0.15) is 0 Å². The van der Waals surface area contributed by atoms with Crippen LogP contribution in [0.1, 0.15) is 49.8 Å². The number of rotatable bonds is 3. The van der Waals surface area contributed by atoms with Crippen molar-refractivity contribution in [2.24, 2.45) is 5.92 Å². The second-order valence-electron chi connectivity index (χ2n) is 7.73. The fraction of sp³-hybridized carbons (Fsp3) is 0.364. The standard InChI is InChI=1S/C22H22FN3S2/c1-13-5-3-2-4-6-14(13)20-9-15-17(7-8-24-22(15)28-20)26-18-11-19-21(10-16(18)23)27-12-25-19/h7-14H,2-6H2,1H3,(H,24,26). The van der Waals surface area contributed by atoms with Gasteiger partial charge in [0, 0.05) is 16.5 Å². The Morgan fingerprint density at radius 2 is 1.96 bits per heavy atom. The molecule has 2 unspecified atom stereocenters. The lowest BCUT2D eigenvalue weighted by Gasteiger charge is -2.19. The highest BCUT2D eigenvalue weighted by molar-refractivity contribution is 7.18. The van der Waals surface area contributed by atoms with Crippen molar-refractivity contribution in [3.8, 4) is 0 Å². The number of benzene rings is 1. The summed E-state index contributed by atoms with van der Waals surface area (Å²) < 4.78 is 15.4. The molecule has 0 saturated heterocycles. The van der Waals surface area contributed by atoms with Crippen molar-refractivity contribution in [2.45, 2.75) is 44.9 Å². The molecule has 3 aromatic heterocycles. The van der Waals surface area contributed by atoms with Gasteiger partial charge in [0.15, 0.2) is 0 Å². The maximum atomic E-state index is 14.6. The minimum absolute atomic E-state index is 0.255. The van der Waals surface area contributed by atoms with Crippen molar-refractivity contribution in [3.05, 3.63) is 46.7 Å². The van der Waals surface area contributed by atoms with Crippen molar-refractivity contribution in [1.82, 2.24) is 9.97 Å². The molecule has 3 nitrogen and oxygen atoms in total. The minimum atomic E-state index is -0.255. The first-order valence-electron chi connectivity index (χ1n) is 9.87. The second kappa shape index (κ2) is 7.41. The maximum absolute atomic E-state index is 14.6. The fourth-order valence-corrected chi connectivity index (χ4v) is 6.26. The summed E-state index contributed by atoms with van der Waals surface area (Å²) in [4.78, 5) is 11.3. The third-order valence-corrected chi connectivity index (χ3v) is 7.84. The first kappa shape index (κ1) is 18.0. The van der Waals surface area contributed by atoms with E-state index in [4.69, 9.17) is 0 Å². The highest BCUT2D eigenvalue weighted by Crippen LogP contribution is 2.42. The lowest BCUT2D eigenvalue weighted by molar-refractivity contribution is 0.440. The van der Waals surface area contributed by atoms with E-state index in [0.717, 1.165) is 26.1 Å². The van der Waals surface area contributed by atoms with Gasteiger partial charge < -0.3 is 5.32 Å². The van der Waals surface area contributed by atoms with Gasteiger partial charge in [-0.15, -0.1) is 22.7 Å². The summed E-state index contributed by atoms with van der Waals surface area (Å²) in [5.74, 6) is 1.06. The zero-order chi connectivity index (χ0) is 19.1. The van der Waals surface area contributed by atoms with Crippen LogP contribution in [0, 0.1) is 11.7 Å². The number of halogens is 1. The molecule has 0 amide bonds. The van der Waals surface area contributed by atoms with E-state index in [2.05, 4.69) is 28.3 Å². The number of pyridine rings is 1. The van der Waals surface area contributed by atoms with Gasteiger partial charge >= 0.3 is 0 Å². The number of thiazole rings is 1. The zero-order valence-corrected chi connectivity index (χ0v) is 17.4. The number of anilines is 2. The number of fused-ring (bicyclic) bond motifs is 2. The van der Waals surface area contributed by atoms with Crippen molar-refractivity contribution in [3.63, 3.8) is 0 Å². The van der Waals surface area contributed by atoms with Crippen molar-refractivity contribution in [1.29, 1.82) is 0 Å². The summed E-state index contributed by atoms with van der Waals surface area (Å²) in [7, 11) is 0. The van der Waals surface area contributed by atoms with Gasteiger partial charge in [0.05, 0.1) is 27.1 Å². The van der Waals surface area contributed by atoms with Crippen LogP contribution in [-0.4, -0.2) is 9.97 Å². The van der Waals surface area contributed by atoms with Gasteiger partial charge in [-0.05, 0) is 42.5 Å². The Morgan fingerprint density at radius 1 is 1.07 bits per heavy atom. The van der Waals surface area contributed by atoms with Gasteiger partial charge in [-0.25, -0.2) is 14.4 Å². The van der Waals surface area contributed by atoms with E-state index in [9.17, 15) is 4.39 Å². The third kappa shape index (κ3) is 3.29. The number of aromatic nitrogens is 2. The van der Waals surface area contributed by atoms with Gasteiger partial charge in [0.1, 0.15) is 10.6 Å². The zero-order valence-electron chi connectivity index (χ0n) is 15.7. The third-order valence-electron chi connectivity index (χ3n) is 5.87. The van der Waals surface area contributed by atoms with Crippen molar-refractivity contribution < 1.29 is 4.39 Å². The van der Waals surface area contributed by atoms with E-state index in [1.165, 1.54) is 48.3 Å². The minimum Gasteiger partial charge on any atom is -0.352 e. The van der Waals surface area contributed by atoms with Crippen LogP contribution < -0.4 is 5.32 Å². The summed E-state index contributed by atoms with van der Waals surface area (Å²) >= 11 is 3.25. The molecule has 1 aliphatic rings. The Bertz CT molecular complexity index is 1130. The van der Waals surface area contributed by atoms with Crippen molar-refractivity contribution in [2.75, 3.05) is 5.32 Å².